The van der Waals surface area contributed by atoms with Crippen LogP contribution < -0.4 is 9.64 Å². The number of hydrogen-bond donors (Lipinski definition) is 1. The Labute approximate surface area is 129 Å². The zero-order valence-corrected chi connectivity index (χ0v) is 13.8. The Morgan fingerprint density at radius 3 is 3.05 bits per heavy atom. The van der Waals surface area contributed by atoms with Crippen LogP contribution in [0.4, 0.5) is 0 Å². The maximum absolute atomic E-state index is 5.90. The van der Waals surface area contributed by atoms with Gasteiger partial charge in [0.05, 0.1) is 30.7 Å². The highest BCUT2D eigenvalue weighted by Gasteiger charge is 2.18. The van der Waals surface area contributed by atoms with Crippen molar-refractivity contribution in [3.63, 3.8) is 0 Å². The van der Waals surface area contributed by atoms with Crippen LogP contribution in [0.2, 0.25) is 5.02 Å². The number of ether oxygens (including phenoxy) is 1. The zero-order valence-electron chi connectivity index (χ0n) is 11.4. The molecule has 0 aromatic heterocycles. The molecule has 2 nitrogen and oxygen atoms in total. The third-order valence-electron chi connectivity index (χ3n) is 3.69. The van der Waals surface area contributed by atoms with E-state index in [4.69, 9.17) is 16.3 Å². The zero-order chi connectivity index (χ0) is 13.7. The maximum Gasteiger partial charge on any atom is 0.133 e. The highest BCUT2D eigenvalue weighted by molar-refractivity contribution is 9.10. The molecule has 4 heteroatoms. The minimum atomic E-state index is 0.728. The summed E-state index contributed by atoms with van der Waals surface area (Å²) in [6.45, 7) is 7.01. The number of rotatable bonds is 5. The van der Waals surface area contributed by atoms with Gasteiger partial charge in [-0.15, -0.1) is 0 Å². The molecule has 0 bridgehead atoms. The largest absolute Gasteiger partial charge is 0.492 e. The Hall–Kier alpha value is -0.250. The Morgan fingerprint density at radius 2 is 2.32 bits per heavy atom. The van der Waals surface area contributed by atoms with Gasteiger partial charge in [-0.05, 0) is 47.0 Å². The summed E-state index contributed by atoms with van der Waals surface area (Å²) < 4.78 is 6.72. The van der Waals surface area contributed by atoms with Gasteiger partial charge in [-0.3, -0.25) is 0 Å². The third kappa shape index (κ3) is 4.97. The van der Waals surface area contributed by atoms with Crippen molar-refractivity contribution < 1.29 is 9.64 Å². The Bertz CT molecular complexity index is 413. The second-order valence-corrected chi connectivity index (χ2v) is 6.77. The fraction of sp³-hybridized carbons (Fsp3) is 0.600. The van der Waals surface area contributed by atoms with Gasteiger partial charge in [0.15, 0.2) is 0 Å². The molecule has 1 N–H and O–H groups in total. The van der Waals surface area contributed by atoms with Crippen LogP contribution in [0.15, 0.2) is 22.7 Å². The first-order valence-electron chi connectivity index (χ1n) is 7.06. The summed E-state index contributed by atoms with van der Waals surface area (Å²) in [5.41, 5.74) is 0. The molecule has 1 aromatic rings. The van der Waals surface area contributed by atoms with E-state index in [0.29, 0.717) is 0 Å². The van der Waals surface area contributed by atoms with E-state index in [0.717, 1.165) is 34.2 Å². The first-order chi connectivity index (χ1) is 9.15. The predicted molar refractivity (Wildman–Crippen MR) is 83.2 cm³/mol. The summed E-state index contributed by atoms with van der Waals surface area (Å²) in [7, 11) is 0. The van der Waals surface area contributed by atoms with Crippen molar-refractivity contribution in [3.8, 4) is 5.75 Å². The van der Waals surface area contributed by atoms with E-state index < -0.39 is 0 Å². The summed E-state index contributed by atoms with van der Waals surface area (Å²) in [4.78, 5) is 1.73. The standard InChI is InChI=1S/C15H21BrClNO/c1-12-4-2-7-18(11-12)8-3-9-19-15-6-5-13(17)10-14(15)16/h5-6,10,12H,2-4,7-9,11H2,1H3/p+1/t12-/m1/s1. The van der Waals surface area contributed by atoms with Gasteiger partial charge in [-0.2, -0.15) is 0 Å². The average molecular weight is 348 g/mol. The van der Waals surface area contributed by atoms with Crippen molar-refractivity contribution in [1.82, 2.24) is 0 Å². The van der Waals surface area contributed by atoms with Gasteiger partial charge in [0.25, 0.3) is 0 Å². The summed E-state index contributed by atoms with van der Waals surface area (Å²) in [5, 5.41) is 0.728. The number of hydrogen-bond acceptors (Lipinski definition) is 1. The third-order valence-corrected chi connectivity index (χ3v) is 4.55. The van der Waals surface area contributed by atoms with Gasteiger partial charge in [0, 0.05) is 17.4 Å². The van der Waals surface area contributed by atoms with E-state index in [1.807, 2.05) is 18.2 Å². The van der Waals surface area contributed by atoms with Crippen molar-refractivity contribution in [2.75, 3.05) is 26.2 Å². The molecule has 1 saturated heterocycles. The molecule has 1 fully saturated rings. The summed E-state index contributed by atoms with van der Waals surface area (Å²) in [6.07, 6.45) is 3.88. The van der Waals surface area contributed by atoms with Crippen molar-refractivity contribution in [1.29, 1.82) is 0 Å². The van der Waals surface area contributed by atoms with Crippen LogP contribution in [0.3, 0.4) is 0 Å². The van der Waals surface area contributed by atoms with E-state index >= 15 is 0 Å². The predicted octanol–water partition coefficient (Wildman–Crippen LogP) is 3.19. The quantitative estimate of drug-likeness (QED) is 0.808. The lowest BCUT2D eigenvalue weighted by atomic mass is 10.0. The summed E-state index contributed by atoms with van der Waals surface area (Å²) in [6, 6.07) is 5.65. The summed E-state index contributed by atoms with van der Waals surface area (Å²) in [5.74, 6) is 1.77. The van der Waals surface area contributed by atoms with Gasteiger partial charge >= 0.3 is 0 Å². The number of quaternary nitrogens is 1. The number of benzene rings is 1. The number of likely N-dealkylation sites (tertiary alicyclic amines) is 1. The highest BCUT2D eigenvalue weighted by atomic mass is 79.9. The van der Waals surface area contributed by atoms with Gasteiger partial charge < -0.3 is 9.64 Å². The van der Waals surface area contributed by atoms with Crippen LogP contribution in [0.5, 0.6) is 5.75 Å². The topological polar surface area (TPSA) is 13.7 Å². The van der Waals surface area contributed by atoms with Crippen LogP contribution in [0, 0.1) is 5.92 Å². The van der Waals surface area contributed by atoms with Crippen molar-refractivity contribution >= 4 is 27.5 Å². The number of piperidine rings is 1. The molecule has 0 aliphatic carbocycles. The molecule has 0 radical (unpaired) electrons. The number of nitrogens with one attached hydrogen (secondary N) is 1. The second-order valence-electron chi connectivity index (χ2n) is 5.48. The van der Waals surface area contributed by atoms with E-state index in [2.05, 4.69) is 22.9 Å². The monoisotopic (exact) mass is 346 g/mol. The molecular weight excluding hydrogens is 326 g/mol. The molecule has 1 aromatic carbocycles. The van der Waals surface area contributed by atoms with Crippen molar-refractivity contribution in [2.45, 2.75) is 26.2 Å². The molecule has 0 spiro atoms. The van der Waals surface area contributed by atoms with E-state index in [1.165, 1.54) is 32.5 Å². The molecule has 19 heavy (non-hydrogen) atoms. The lowest BCUT2D eigenvalue weighted by Crippen LogP contribution is -3.13. The van der Waals surface area contributed by atoms with Crippen LogP contribution in [0.1, 0.15) is 26.2 Å². The minimum Gasteiger partial charge on any atom is -0.492 e. The lowest BCUT2D eigenvalue weighted by Gasteiger charge is -2.27. The molecule has 0 saturated carbocycles. The smallest absolute Gasteiger partial charge is 0.133 e. The molecule has 106 valence electrons. The SMILES string of the molecule is C[C@@H]1CCC[NH+](CCCOc2ccc(Cl)cc2Br)C1. The summed E-state index contributed by atoms with van der Waals surface area (Å²) >= 11 is 9.37. The first kappa shape index (κ1) is 15.1. The van der Waals surface area contributed by atoms with E-state index in [9.17, 15) is 0 Å². The van der Waals surface area contributed by atoms with Crippen LogP contribution >= 0.6 is 27.5 Å². The Kier molecular flexibility index (Phi) is 5.99. The molecule has 2 rings (SSSR count). The first-order valence-corrected chi connectivity index (χ1v) is 8.23. The number of halogens is 2. The molecule has 0 amide bonds. The molecular formula is C15H22BrClNO+. The Balaban J connectivity index is 1.69. The normalized spacial score (nSPS) is 23.3. The van der Waals surface area contributed by atoms with Gasteiger partial charge in [0.1, 0.15) is 5.75 Å². The lowest BCUT2D eigenvalue weighted by molar-refractivity contribution is -0.908. The highest BCUT2D eigenvalue weighted by Crippen LogP contribution is 2.27. The molecule has 2 atom stereocenters. The van der Waals surface area contributed by atoms with Gasteiger partial charge in [-0.25, -0.2) is 0 Å². The van der Waals surface area contributed by atoms with Crippen LogP contribution in [-0.2, 0) is 0 Å². The maximum atomic E-state index is 5.90. The fourth-order valence-electron chi connectivity index (χ4n) is 2.72. The fourth-order valence-corrected chi connectivity index (χ4v) is 3.52. The van der Waals surface area contributed by atoms with Crippen LogP contribution in [0.25, 0.3) is 0 Å². The van der Waals surface area contributed by atoms with Gasteiger partial charge in [-0.1, -0.05) is 18.5 Å². The van der Waals surface area contributed by atoms with Crippen molar-refractivity contribution in [3.05, 3.63) is 27.7 Å². The average Bonchev–Trinajstić information content (AvgIpc) is 2.37. The van der Waals surface area contributed by atoms with E-state index in [1.54, 1.807) is 4.90 Å². The van der Waals surface area contributed by atoms with Crippen molar-refractivity contribution in [2.24, 2.45) is 5.92 Å². The van der Waals surface area contributed by atoms with Crippen LogP contribution in [-0.4, -0.2) is 26.2 Å². The molecule has 1 unspecified atom stereocenters. The minimum absolute atomic E-state index is 0.728. The second kappa shape index (κ2) is 7.51. The molecule has 1 aliphatic heterocycles. The van der Waals surface area contributed by atoms with Gasteiger partial charge in [0.2, 0.25) is 0 Å². The van der Waals surface area contributed by atoms with E-state index in [-0.39, 0.29) is 0 Å². The molecule has 1 heterocycles. The molecule has 1 aliphatic rings. The Morgan fingerprint density at radius 1 is 1.47 bits per heavy atom.